The van der Waals surface area contributed by atoms with Gasteiger partial charge in [-0.15, -0.1) is 0 Å². The Labute approximate surface area is 89.5 Å². The minimum Gasteiger partial charge on any atom is -0.350 e. The van der Waals surface area contributed by atoms with Crippen LogP contribution in [-0.4, -0.2) is 11.9 Å². The summed E-state index contributed by atoms with van der Waals surface area (Å²) in [5.74, 6) is -0.808. The first-order valence-corrected chi connectivity index (χ1v) is 5.11. The average molecular weight is 209 g/mol. The SMILES string of the molecule is CCC(C)NC(=O)c1ccc(C)cc1F. The summed E-state index contributed by atoms with van der Waals surface area (Å²) in [7, 11) is 0. The maximum Gasteiger partial charge on any atom is 0.254 e. The zero-order valence-electron chi connectivity index (χ0n) is 9.30. The van der Waals surface area contributed by atoms with Gasteiger partial charge in [0.2, 0.25) is 0 Å². The fourth-order valence-corrected chi connectivity index (χ4v) is 1.21. The molecule has 1 rings (SSSR count). The first-order chi connectivity index (χ1) is 7.04. The van der Waals surface area contributed by atoms with Crippen LogP contribution in [0.5, 0.6) is 0 Å². The molecule has 0 aliphatic carbocycles. The Morgan fingerprint density at radius 2 is 2.20 bits per heavy atom. The van der Waals surface area contributed by atoms with Crippen LogP contribution in [0.4, 0.5) is 4.39 Å². The monoisotopic (exact) mass is 209 g/mol. The third-order valence-corrected chi connectivity index (χ3v) is 2.36. The highest BCUT2D eigenvalue weighted by atomic mass is 19.1. The summed E-state index contributed by atoms with van der Waals surface area (Å²) in [5, 5.41) is 2.73. The van der Waals surface area contributed by atoms with Gasteiger partial charge in [-0.1, -0.05) is 13.0 Å². The van der Waals surface area contributed by atoms with Crippen molar-refractivity contribution in [2.24, 2.45) is 0 Å². The van der Waals surface area contributed by atoms with Gasteiger partial charge in [0.05, 0.1) is 5.56 Å². The second kappa shape index (κ2) is 4.91. The fourth-order valence-electron chi connectivity index (χ4n) is 1.21. The van der Waals surface area contributed by atoms with Crippen molar-refractivity contribution in [3.63, 3.8) is 0 Å². The molecule has 1 aromatic rings. The summed E-state index contributed by atoms with van der Waals surface area (Å²) in [4.78, 5) is 11.6. The van der Waals surface area contributed by atoms with E-state index in [1.54, 1.807) is 13.0 Å². The second-order valence-corrected chi connectivity index (χ2v) is 3.77. The van der Waals surface area contributed by atoms with Crippen LogP contribution in [0, 0.1) is 12.7 Å². The van der Waals surface area contributed by atoms with Crippen LogP contribution in [0.3, 0.4) is 0 Å². The Balaban J connectivity index is 2.82. The zero-order chi connectivity index (χ0) is 11.4. The van der Waals surface area contributed by atoms with Crippen molar-refractivity contribution < 1.29 is 9.18 Å². The van der Waals surface area contributed by atoms with Crippen LogP contribution in [0.25, 0.3) is 0 Å². The van der Waals surface area contributed by atoms with Crippen molar-refractivity contribution in [2.45, 2.75) is 33.2 Å². The summed E-state index contributed by atoms with van der Waals surface area (Å²) in [6.07, 6.45) is 0.833. The van der Waals surface area contributed by atoms with Crippen molar-refractivity contribution in [1.29, 1.82) is 0 Å². The van der Waals surface area contributed by atoms with Crippen molar-refractivity contribution >= 4 is 5.91 Å². The van der Waals surface area contributed by atoms with Crippen LogP contribution in [0.15, 0.2) is 18.2 Å². The van der Waals surface area contributed by atoms with E-state index < -0.39 is 5.82 Å². The van der Waals surface area contributed by atoms with E-state index >= 15 is 0 Å². The topological polar surface area (TPSA) is 29.1 Å². The molecule has 1 unspecified atom stereocenters. The fraction of sp³-hybridized carbons (Fsp3) is 0.417. The normalized spacial score (nSPS) is 12.3. The lowest BCUT2D eigenvalue weighted by Crippen LogP contribution is -2.32. The molecule has 1 amide bonds. The molecule has 0 bridgehead atoms. The Hall–Kier alpha value is -1.38. The van der Waals surface area contributed by atoms with Crippen molar-refractivity contribution in [3.8, 4) is 0 Å². The largest absolute Gasteiger partial charge is 0.350 e. The molecule has 0 aliphatic rings. The standard InChI is InChI=1S/C12H16FNO/c1-4-9(3)14-12(15)10-6-5-8(2)7-11(10)13/h5-7,9H,4H2,1-3H3,(H,14,15). The Kier molecular flexibility index (Phi) is 3.83. The highest BCUT2D eigenvalue weighted by Gasteiger charge is 2.12. The van der Waals surface area contributed by atoms with Crippen LogP contribution >= 0.6 is 0 Å². The molecule has 0 spiro atoms. The molecule has 0 heterocycles. The predicted octanol–water partition coefficient (Wildman–Crippen LogP) is 2.66. The van der Waals surface area contributed by atoms with E-state index in [0.29, 0.717) is 0 Å². The lowest BCUT2D eigenvalue weighted by molar-refractivity contribution is 0.0935. The highest BCUT2D eigenvalue weighted by molar-refractivity contribution is 5.94. The van der Waals surface area contributed by atoms with E-state index in [1.165, 1.54) is 12.1 Å². The molecule has 0 aromatic heterocycles. The third-order valence-electron chi connectivity index (χ3n) is 2.36. The van der Waals surface area contributed by atoms with Gasteiger partial charge in [0, 0.05) is 6.04 Å². The highest BCUT2D eigenvalue weighted by Crippen LogP contribution is 2.10. The summed E-state index contributed by atoms with van der Waals surface area (Å²) >= 11 is 0. The van der Waals surface area contributed by atoms with E-state index in [4.69, 9.17) is 0 Å². The van der Waals surface area contributed by atoms with Gasteiger partial charge in [0.25, 0.3) is 5.91 Å². The van der Waals surface area contributed by atoms with Gasteiger partial charge in [-0.25, -0.2) is 4.39 Å². The Morgan fingerprint density at radius 1 is 1.53 bits per heavy atom. The van der Waals surface area contributed by atoms with Crippen LogP contribution < -0.4 is 5.32 Å². The molecule has 2 nitrogen and oxygen atoms in total. The van der Waals surface area contributed by atoms with Crippen LogP contribution in [0.1, 0.15) is 36.2 Å². The molecule has 0 saturated heterocycles. The number of carbonyl (C=O) groups excluding carboxylic acids is 1. The molecular formula is C12H16FNO. The number of hydrogen-bond acceptors (Lipinski definition) is 1. The number of benzene rings is 1. The quantitative estimate of drug-likeness (QED) is 0.814. The van der Waals surface area contributed by atoms with Gasteiger partial charge in [0.1, 0.15) is 5.82 Å². The molecular weight excluding hydrogens is 193 g/mol. The molecule has 1 N–H and O–H groups in total. The minimum atomic E-state index is -0.462. The van der Waals surface area contributed by atoms with E-state index in [0.717, 1.165) is 12.0 Å². The molecule has 1 aromatic carbocycles. The maximum absolute atomic E-state index is 13.4. The minimum absolute atomic E-state index is 0.0678. The maximum atomic E-state index is 13.4. The summed E-state index contributed by atoms with van der Waals surface area (Å²) in [5.41, 5.74) is 0.925. The summed E-state index contributed by atoms with van der Waals surface area (Å²) in [6.45, 7) is 5.65. The molecule has 0 saturated carbocycles. The van der Waals surface area contributed by atoms with Crippen LogP contribution in [-0.2, 0) is 0 Å². The molecule has 0 radical (unpaired) electrons. The van der Waals surface area contributed by atoms with Gasteiger partial charge in [-0.05, 0) is 38.0 Å². The van der Waals surface area contributed by atoms with E-state index in [1.807, 2.05) is 13.8 Å². The van der Waals surface area contributed by atoms with Gasteiger partial charge < -0.3 is 5.32 Å². The summed E-state index contributed by atoms with van der Waals surface area (Å²) < 4.78 is 13.4. The van der Waals surface area contributed by atoms with E-state index in [-0.39, 0.29) is 17.5 Å². The van der Waals surface area contributed by atoms with Gasteiger partial charge in [-0.3, -0.25) is 4.79 Å². The molecule has 15 heavy (non-hydrogen) atoms. The molecule has 3 heteroatoms. The summed E-state index contributed by atoms with van der Waals surface area (Å²) in [6, 6.07) is 4.68. The van der Waals surface area contributed by atoms with Crippen LogP contribution in [0.2, 0.25) is 0 Å². The molecule has 1 atom stereocenters. The number of hydrogen-bond donors (Lipinski definition) is 1. The lowest BCUT2D eigenvalue weighted by atomic mass is 10.1. The van der Waals surface area contributed by atoms with Gasteiger partial charge >= 0.3 is 0 Å². The number of aryl methyl sites for hydroxylation is 1. The smallest absolute Gasteiger partial charge is 0.254 e. The van der Waals surface area contributed by atoms with Gasteiger partial charge in [-0.2, -0.15) is 0 Å². The van der Waals surface area contributed by atoms with Crippen molar-refractivity contribution in [2.75, 3.05) is 0 Å². The Morgan fingerprint density at radius 3 is 2.73 bits per heavy atom. The number of nitrogens with one attached hydrogen (secondary N) is 1. The van der Waals surface area contributed by atoms with Gasteiger partial charge in [0.15, 0.2) is 0 Å². The molecule has 82 valence electrons. The average Bonchev–Trinajstić information content (AvgIpc) is 2.17. The first kappa shape index (κ1) is 11.7. The molecule has 0 fully saturated rings. The van der Waals surface area contributed by atoms with E-state index in [2.05, 4.69) is 5.32 Å². The lowest BCUT2D eigenvalue weighted by Gasteiger charge is -2.11. The second-order valence-electron chi connectivity index (χ2n) is 3.77. The number of carbonyl (C=O) groups is 1. The van der Waals surface area contributed by atoms with E-state index in [9.17, 15) is 9.18 Å². The number of amides is 1. The zero-order valence-corrected chi connectivity index (χ0v) is 9.30. The predicted molar refractivity (Wildman–Crippen MR) is 58.4 cm³/mol. The first-order valence-electron chi connectivity index (χ1n) is 5.11. The van der Waals surface area contributed by atoms with Crippen molar-refractivity contribution in [1.82, 2.24) is 5.32 Å². The Bertz CT molecular complexity index is 363. The third kappa shape index (κ3) is 3.05. The number of rotatable bonds is 3. The number of halogens is 1. The molecule has 0 aliphatic heterocycles. The van der Waals surface area contributed by atoms with Crippen molar-refractivity contribution in [3.05, 3.63) is 35.1 Å².